The Morgan fingerprint density at radius 1 is 0.938 bits per heavy atom. The molecule has 5 rings (SSSR count). The molecule has 6 heteroatoms. The molecular weight excluding hydrogens is 398 g/mol. The van der Waals surface area contributed by atoms with Crippen molar-refractivity contribution in [3.63, 3.8) is 0 Å². The van der Waals surface area contributed by atoms with Crippen LogP contribution in [-0.4, -0.2) is 37.9 Å². The fourth-order valence-electron chi connectivity index (χ4n) is 4.25. The smallest absolute Gasteiger partial charge is 0.321 e. The first-order chi connectivity index (χ1) is 15.7. The lowest BCUT2D eigenvalue weighted by atomic mass is 9.96. The van der Waals surface area contributed by atoms with Crippen LogP contribution in [0.1, 0.15) is 35.8 Å². The molecule has 0 spiro atoms. The van der Waals surface area contributed by atoms with Crippen molar-refractivity contribution in [2.75, 3.05) is 13.1 Å². The van der Waals surface area contributed by atoms with Gasteiger partial charge in [0, 0.05) is 36.1 Å². The number of aromatic nitrogens is 4. The third-order valence-corrected chi connectivity index (χ3v) is 5.98. The number of benzene rings is 2. The molecule has 0 bridgehead atoms. The SMILES string of the molecule is Cc1[nH]c(C2CCN(Cc3ccccc3)CC2)nc1-c1cnc(Oc2ccccc2)nc1. The number of nitrogens with zero attached hydrogens (tertiary/aromatic N) is 4. The average Bonchev–Trinajstić information content (AvgIpc) is 3.23. The quantitative estimate of drug-likeness (QED) is 0.451. The summed E-state index contributed by atoms with van der Waals surface area (Å²) in [7, 11) is 0. The number of H-pyrrole nitrogens is 1. The van der Waals surface area contributed by atoms with Crippen LogP contribution in [0, 0.1) is 6.92 Å². The molecule has 0 saturated carbocycles. The van der Waals surface area contributed by atoms with Crippen LogP contribution in [0.2, 0.25) is 0 Å². The number of aryl methyl sites for hydroxylation is 1. The Balaban J connectivity index is 1.22. The lowest BCUT2D eigenvalue weighted by Gasteiger charge is -2.31. The van der Waals surface area contributed by atoms with Gasteiger partial charge >= 0.3 is 6.01 Å². The number of rotatable bonds is 6. The Morgan fingerprint density at radius 2 is 1.59 bits per heavy atom. The van der Waals surface area contributed by atoms with Crippen LogP contribution in [-0.2, 0) is 6.54 Å². The lowest BCUT2D eigenvalue weighted by molar-refractivity contribution is 0.202. The molecule has 0 amide bonds. The maximum absolute atomic E-state index is 5.70. The number of hydrogen-bond acceptors (Lipinski definition) is 5. The van der Waals surface area contributed by atoms with E-state index in [1.165, 1.54) is 5.56 Å². The van der Waals surface area contributed by atoms with Gasteiger partial charge < -0.3 is 9.72 Å². The number of para-hydroxylation sites is 1. The standard InChI is InChI=1S/C26H27N5O/c1-19-24(22-16-27-26(28-17-22)32-23-10-6-3-7-11-23)30-25(29-19)21-12-14-31(15-13-21)18-20-8-4-2-5-9-20/h2-11,16-17,21H,12-15,18H2,1H3,(H,29,30). The highest BCUT2D eigenvalue weighted by Crippen LogP contribution is 2.30. The normalized spacial score (nSPS) is 15.0. The average molecular weight is 426 g/mol. The van der Waals surface area contributed by atoms with Crippen LogP contribution < -0.4 is 4.74 Å². The molecule has 6 nitrogen and oxygen atoms in total. The Morgan fingerprint density at radius 3 is 2.28 bits per heavy atom. The maximum Gasteiger partial charge on any atom is 0.321 e. The molecule has 2 aromatic heterocycles. The molecular formula is C26H27N5O. The summed E-state index contributed by atoms with van der Waals surface area (Å²) in [5.41, 5.74) is 4.23. The van der Waals surface area contributed by atoms with Crippen LogP contribution >= 0.6 is 0 Å². The fraction of sp³-hybridized carbons (Fsp3) is 0.269. The van der Waals surface area contributed by atoms with Crippen molar-refractivity contribution < 1.29 is 4.74 Å². The Labute approximate surface area is 188 Å². The molecule has 4 aromatic rings. The van der Waals surface area contributed by atoms with Crippen molar-refractivity contribution in [2.24, 2.45) is 0 Å². The van der Waals surface area contributed by atoms with E-state index in [-0.39, 0.29) is 0 Å². The molecule has 1 saturated heterocycles. The fourth-order valence-corrected chi connectivity index (χ4v) is 4.25. The molecule has 0 unspecified atom stereocenters. The first-order valence-corrected chi connectivity index (χ1v) is 11.1. The van der Waals surface area contributed by atoms with E-state index in [0.717, 1.165) is 61.0 Å². The van der Waals surface area contributed by atoms with Gasteiger partial charge in [0.2, 0.25) is 0 Å². The summed E-state index contributed by atoms with van der Waals surface area (Å²) in [4.78, 5) is 19.7. The van der Waals surface area contributed by atoms with Gasteiger partial charge in [0.1, 0.15) is 11.6 Å². The Hall–Kier alpha value is -3.51. The van der Waals surface area contributed by atoms with Gasteiger partial charge in [0.05, 0.1) is 5.69 Å². The van der Waals surface area contributed by atoms with Gasteiger partial charge in [-0.05, 0) is 50.6 Å². The molecule has 1 aliphatic heterocycles. The summed E-state index contributed by atoms with van der Waals surface area (Å²) >= 11 is 0. The Kier molecular flexibility index (Phi) is 5.94. The van der Waals surface area contributed by atoms with Gasteiger partial charge in [-0.15, -0.1) is 0 Å². The molecule has 2 aromatic carbocycles. The van der Waals surface area contributed by atoms with E-state index in [0.29, 0.717) is 11.9 Å². The minimum atomic E-state index is 0.333. The number of likely N-dealkylation sites (tertiary alicyclic amines) is 1. The van der Waals surface area contributed by atoms with Crippen LogP contribution in [0.3, 0.4) is 0 Å². The summed E-state index contributed by atoms with van der Waals surface area (Å²) in [6, 6.07) is 20.6. The minimum absolute atomic E-state index is 0.333. The second-order valence-electron chi connectivity index (χ2n) is 8.30. The summed E-state index contributed by atoms with van der Waals surface area (Å²) in [5.74, 6) is 2.25. The minimum Gasteiger partial charge on any atom is -0.424 e. The zero-order valence-electron chi connectivity index (χ0n) is 18.2. The first-order valence-electron chi connectivity index (χ1n) is 11.1. The number of hydrogen-bond donors (Lipinski definition) is 1. The second-order valence-corrected chi connectivity index (χ2v) is 8.30. The topological polar surface area (TPSA) is 66.9 Å². The van der Waals surface area contributed by atoms with Gasteiger partial charge in [0.15, 0.2) is 0 Å². The zero-order valence-corrected chi connectivity index (χ0v) is 18.2. The van der Waals surface area contributed by atoms with Crippen molar-refractivity contribution in [1.82, 2.24) is 24.8 Å². The van der Waals surface area contributed by atoms with Crippen molar-refractivity contribution >= 4 is 0 Å². The molecule has 32 heavy (non-hydrogen) atoms. The third-order valence-electron chi connectivity index (χ3n) is 5.98. The number of imidazole rings is 1. The van der Waals surface area contributed by atoms with E-state index < -0.39 is 0 Å². The van der Waals surface area contributed by atoms with E-state index in [4.69, 9.17) is 9.72 Å². The van der Waals surface area contributed by atoms with E-state index in [2.05, 4.69) is 57.1 Å². The number of nitrogens with one attached hydrogen (secondary N) is 1. The summed E-state index contributed by atoms with van der Waals surface area (Å²) in [5, 5.41) is 0. The highest BCUT2D eigenvalue weighted by Gasteiger charge is 2.24. The molecule has 0 radical (unpaired) electrons. The van der Waals surface area contributed by atoms with E-state index in [1.54, 1.807) is 12.4 Å². The monoisotopic (exact) mass is 425 g/mol. The third kappa shape index (κ3) is 4.70. The predicted molar refractivity (Wildman–Crippen MR) is 125 cm³/mol. The van der Waals surface area contributed by atoms with E-state index in [1.807, 2.05) is 30.3 Å². The lowest BCUT2D eigenvalue weighted by Crippen LogP contribution is -2.32. The van der Waals surface area contributed by atoms with Gasteiger partial charge in [-0.2, -0.15) is 0 Å². The van der Waals surface area contributed by atoms with Gasteiger partial charge in [-0.1, -0.05) is 48.5 Å². The predicted octanol–water partition coefficient (Wildman–Crippen LogP) is 5.35. The number of aromatic amines is 1. The van der Waals surface area contributed by atoms with Gasteiger partial charge in [0.25, 0.3) is 0 Å². The molecule has 1 aliphatic rings. The zero-order chi connectivity index (χ0) is 21.8. The van der Waals surface area contributed by atoms with Crippen molar-refractivity contribution in [2.45, 2.75) is 32.2 Å². The van der Waals surface area contributed by atoms with Crippen LogP contribution in [0.5, 0.6) is 11.8 Å². The van der Waals surface area contributed by atoms with Crippen molar-refractivity contribution in [3.05, 3.63) is 90.1 Å². The van der Waals surface area contributed by atoms with Crippen molar-refractivity contribution in [1.29, 1.82) is 0 Å². The van der Waals surface area contributed by atoms with Crippen molar-refractivity contribution in [3.8, 4) is 23.0 Å². The highest BCUT2D eigenvalue weighted by atomic mass is 16.5. The molecule has 1 fully saturated rings. The Bertz CT molecular complexity index is 1130. The van der Waals surface area contributed by atoms with E-state index in [9.17, 15) is 0 Å². The van der Waals surface area contributed by atoms with Crippen LogP contribution in [0.15, 0.2) is 73.1 Å². The van der Waals surface area contributed by atoms with Crippen LogP contribution in [0.25, 0.3) is 11.3 Å². The summed E-state index contributed by atoms with van der Waals surface area (Å²) < 4.78 is 5.70. The molecule has 0 atom stereocenters. The van der Waals surface area contributed by atoms with Gasteiger partial charge in [-0.3, -0.25) is 4.90 Å². The molecule has 0 aliphatic carbocycles. The second kappa shape index (κ2) is 9.32. The molecule has 162 valence electrons. The molecule has 3 heterocycles. The molecule has 1 N–H and O–H groups in total. The summed E-state index contributed by atoms with van der Waals surface area (Å²) in [6.45, 7) is 5.25. The number of piperidine rings is 1. The largest absolute Gasteiger partial charge is 0.424 e. The summed E-state index contributed by atoms with van der Waals surface area (Å²) in [6.07, 6.45) is 5.78. The van der Waals surface area contributed by atoms with Crippen LogP contribution in [0.4, 0.5) is 0 Å². The van der Waals surface area contributed by atoms with Gasteiger partial charge in [-0.25, -0.2) is 15.0 Å². The first kappa shape index (κ1) is 20.4. The number of ether oxygens (including phenoxy) is 1. The maximum atomic E-state index is 5.70. The highest BCUT2D eigenvalue weighted by molar-refractivity contribution is 5.60. The van der Waals surface area contributed by atoms with E-state index >= 15 is 0 Å².